The van der Waals surface area contributed by atoms with Gasteiger partial charge in [-0.25, -0.2) is 8.42 Å². The summed E-state index contributed by atoms with van der Waals surface area (Å²) in [6.07, 6.45) is 2.97. The smallest absolute Gasteiger partial charge is 0.208 e. The normalized spacial score (nSPS) is 13.7. The number of sulfone groups is 1. The van der Waals surface area contributed by atoms with Crippen LogP contribution in [0.3, 0.4) is 0 Å². The molecular formula is C39H32N2O2S. The van der Waals surface area contributed by atoms with Gasteiger partial charge in [0.25, 0.3) is 0 Å². The molecule has 0 saturated heterocycles. The highest BCUT2D eigenvalue weighted by molar-refractivity contribution is 7.91. The lowest BCUT2D eigenvalue weighted by atomic mass is 9.72. The lowest BCUT2D eigenvalue weighted by Gasteiger charge is -2.43. The van der Waals surface area contributed by atoms with E-state index >= 15 is 0 Å². The molecule has 0 aliphatic carbocycles. The van der Waals surface area contributed by atoms with Crippen LogP contribution in [0, 0.1) is 6.92 Å². The van der Waals surface area contributed by atoms with E-state index in [2.05, 4.69) is 109 Å². The Kier molecular flexibility index (Phi) is 6.71. The standard InChI is InChI=1S/C39H32N2O2S/c1-27-23-32(44(42,43)33-15-10-22-40-26-33)18-21-36(27)41-37-19-16-30(28-11-6-4-7-12-28)24-34(37)39(2,3)35-25-31(17-20-38(35)41)29-13-8-5-9-14-29/h4-26H,1-3H3. The van der Waals surface area contributed by atoms with Crippen molar-refractivity contribution in [2.24, 2.45) is 0 Å². The predicted molar refractivity (Wildman–Crippen MR) is 179 cm³/mol. The minimum atomic E-state index is -3.70. The molecule has 0 bridgehead atoms. The van der Waals surface area contributed by atoms with Crippen LogP contribution in [0.25, 0.3) is 22.3 Å². The van der Waals surface area contributed by atoms with E-state index in [1.54, 1.807) is 30.5 Å². The fraction of sp³-hybridized carbons (Fsp3) is 0.103. The van der Waals surface area contributed by atoms with Crippen molar-refractivity contribution in [3.05, 3.63) is 156 Å². The van der Waals surface area contributed by atoms with E-state index in [0.29, 0.717) is 0 Å². The number of aryl methyl sites for hydroxylation is 1. The Morgan fingerprint density at radius 2 is 1.11 bits per heavy atom. The summed E-state index contributed by atoms with van der Waals surface area (Å²) in [5.74, 6) is 0. The molecule has 0 saturated carbocycles. The molecule has 1 aliphatic heterocycles. The molecule has 1 aliphatic rings. The molecule has 5 aromatic carbocycles. The highest BCUT2D eigenvalue weighted by atomic mass is 32.2. The van der Waals surface area contributed by atoms with Crippen molar-refractivity contribution in [1.82, 2.24) is 4.98 Å². The molecule has 44 heavy (non-hydrogen) atoms. The molecule has 0 radical (unpaired) electrons. The molecule has 0 fully saturated rings. The summed E-state index contributed by atoms with van der Waals surface area (Å²) in [4.78, 5) is 6.75. The average Bonchev–Trinajstić information content (AvgIpc) is 3.06. The number of benzene rings is 5. The third kappa shape index (κ3) is 4.61. The van der Waals surface area contributed by atoms with Gasteiger partial charge in [-0.1, -0.05) is 86.6 Å². The first-order chi connectivity index (χ1) is 21.2. The Balaban J connectivity index is 1.43. The summed E-state index contributed by atoms with van der Waals surface area (Å²) in [6.45, 7) is 6.57. The van der Waals surface area contributed by atoms with Gasteiger partial charge >= 0.3 is 0 Å². The van der Waals surface area contributed by atoms with Gasteiger partial charge in [0.2, 0.25) is 9.84 Å². The second kappa shape index (κ2) is 10.6. The summed E-state index contributed by atoms with van der Waals surface area (Å²) in [6, 6.07) is 42.9. The summed E-state index contributed by atoms with van der Waals surface area (Å²) >= 11 is 0. The van der Waals surface area contributed by atoms with Gasteiger partial charge in [-0.2, -0.15) is 0 Å². The summed E-state index contributed by atoms with van der Waals surface area (Å²) < 4.78 is 26.9. The molecule has 0 atom stereocenters. The maximum atomic E-state index is 13.4. The number of hydrogen-bond donors (Lipinski definition) is 0. The molecule has 0 amide bonds. The van der Waals surface area contributed by atoms with Crippen molar-refractivity contribution in [3.8, 4) is 22.3 Å². The highest BCUT2D eigenvalue weighted by Gasteiger charge is 2.38. The third-order valence-corrected chi connectivity index (χ3v) is 10.4. The first kappa shape index (κ1) is 27.8. The van der Waals surface area contributed by atoms with Crippen LogP contribution in [0.15, 0.2) is 150 Å². The minimum Gasteiger partial charge on any atom is -0.310 e. The summed E-state index contributed by atoms with van der Waals surface area (Å²) in [7, 11) is -3.70. The summed E-state index contributed by atoms with van der Waals surface area (Å²) in [5.41, 5.74) is 10.8. The molecule has 7 rings (SSSR count). The maximum Gasteiger partial charge on any atom is 0.208 e. The molecule has 4 nitrogen and oxygen atoms in total. The summed E-state index contributed by atoms with van der Waals surface area (Å²) in [5, 5.41) is 0. The topological polar surface area (TPSA) is 50.3 Å². The lowest BCUT2D eigenvalue weighted by molar-refractivity contribution is 0.595. The number of aromatic nitrogens is 1. The maximum absolute atomic E-state index is 13.4. The van der Waals surface area contributed by atoms with Crippen LogP contribution in [0.5, 0.6) is 0 Å². The first-order valence-electron chi connectivity index (χ1n) is 14.7. The van der Waals surface area contributed by atoms with Crippen molar-refractivity contribution < 1.29 is 8.42 Å². The molecule has 5 heteroatoms. The molecule has 1 aromatic heterocycles. The van der Waals surface area contributed by atoms with Gasteiger partial charge in [0.15, 0.2) is 0 Å². The largest absolute Gasteiger partial charge is 0.310 e. The number of hydrogen-bond acceptors (Lipinski definition) is 4. The van der Waals surface area contributed by atoms with E-state index in [1.165, 1.54) is 28.5 Å². The van der Waals surface area contributed by atoms with Crippen LogP contribution in [0.2, 0.25) is 0 Å². The quantitative estimate of drug-likeness (QED) is 0.200. The van der Waals surface area contributed by atoms with Crippen LogP contribution in [0.4, 0.5) is 17.1 Å². The number of pyridine rings is 1. The zero-order valence-electron chi connectivity index (χ0n) is 24.9. The molecular weight excluding hydrogens is 561 g/mol. The number of nitrogens with zero attached hydrogens (tertiary/aromatic N) is 2. The Bertz CT molecular complexity index is 2010. The van der Waals surface area contributed by atoms with Crippen LogP contribution < -0.4 is 4.90 Å². The van der Waals surface area contributed by atoms with Gasteiger partial charge in [-0.3, -0.25) is 4.98 Å². The molecule has 216 valence electrons. The van der Waals surface area contributed by atoms with Crippen LogP contribution in [0.1, 0.15) is 30.5 Å². The third-order valence-electron chi connectivity index (χ3n) is 8.70. The molecule has 2 heterocycles. The highest BCUT2D eigenvalue weighted by Crippen LogP contribution is 2.54. The molecule has 0 unspecified atom stereocenters. The first-order valence-corrected chi connectivity index (χ1v) is 16.2. The van der Waals surface area contributed by atoms with Gasteiger partial charge in [-0.05, 0) is 100 Å². The van der Waals surface area contributed by atoms with E-state index < -0.39 is 9.84 Å². The zero-order valence-corrected chi connectivity index (χ0v) is 25.7. The van der Waals surface area contributed by atoms with Gasteiger partial charge < -0.3 is 4.90 Å². The molecule has 0 N–H and O–H groups in total. The van der Waals surface area contributed by atoms with Gasteiger partial charge in [0, 0.05) is 23.5 Å². The van der Waals surface area contributed by atoms with Crippen molar-refractivity contribution in [2.75, 3.05) is 4.90 Å². The van der Waals surface area contributed by atoms with Crippen molar-refractivity contribution >= 4 is 26.9 Å². The molecule has 0 spiro atoms. The van der Waals surface area contributed by atoms with E-state index in [9.17, 15) is 8.42 Å². The van der Waals surface area contributed by atoms with Gasteiger partial charge in [-0.15, -0.1) is 0 Å². The lowest BCUT2D eigenvalue weighted by Crippen LogP contribution is -2.31. The number of fused-ring (bicyclic) bond motifs is 2. The number of anilines is 3. The van der Waals surface area contributed by atoms with E-state index in [1.807, 2.05) is 25.1 Å². The van der Waals surface area contributed by atoms with Crippen LogP contribution in [-0.2, 0) is 15.3 Å². The van der Waals surface area contributed by atoms with Crippen molar-refractivity contribution in [1.29, 1.82) is 0 Å². The Hall–Kier alpha value is -5.00. The van der Waals surface area contributed by atoms with E-state index in [0.717, 1.165) is 33.8 Å². The van der Waals surface area contributed by atoms with Crippen molar-refractivity contribution in [2.45, 2.75) is 36.0 Å². The minimum absolute atomic E-state index is 0.185. The van der Waals surface area contributed by atoms with E-state index in [-0.39, 0.29) is 15.2 Å². The predicted octanol–water partition coefficient (Wildman–Crippen LogP) is 9.67. The van der Waals surface area contributed by atoms with Gasteiger partial charge in [0.1, 0.15) is 0 Å². The van der Waals surface area contributed by atoms with E-state index in [4.69, 9.17) is 0 Å². The van der Waals surface area contributed by atoms with Gasteiger partial charge in [0.05, 0.1) is 21.2 Å². The van der Waals surface area contributed by atoms with Crippen LogP contribution in [-0.4, -0.2) is 13.4 Å². The average molecular weight is 593 g/mol. The number of rotatable bonds is 5. The van der Waals surface area contributed by atoms with Crippen LogP contribution >= 0.6 is 0 Å². The second-order valence-corrected chi connectivity index (χ2v) is 13.7. The monoisotopic (exact) mass is 592 g/mol. The fourth-order valence-corrected chi connectivity index (χ4v) is 7.61. The Morgan fingerprint density at radius 3 is 1.61 bits per heavy atom. The second-order valence-electron chi connectivity index (χ2n) is 11.8. The SMILES string of the molecule is Cc1cc(S(=O)(=O)c2cccnc2)ccc1N1c2ccc(-c3ccccc3)cc2C(C)(C)c2cc(-c3ccccc3)ccc21. The molecule has 6 aromatic rings. The zero-order chi connectivity index (χ0) is 30.5. The Labute approximate surface area is 259 Å². The van der Waals surface area contributed by atoms with Crippen molar-refractivity contribution in [3.63, 3.8) is 0 Å². The fourth-order valence-electron chi connectivity index (χ4n) is 6.31. The Morgan fingerprint density at radius 1 is 0.568 bits per heavy atom.